The number of halogens is 3. The summed E-state index contributed by atoms with van der Waals surface area (Å²) in [6.07, 6.45) is -4.20. The Morgan fingerprint density at radius 1 is 1.42 bits per heavy atom. The van der Waals surface area contributed by atoms with Crippen molar-refractivity contribution >= 4 is 17.9 Å². The second kappa shape index (κ2) is 6.80. The summed E-state index contributed by atoms with van der Waals surface area (Å²) in [5, 5.41) is 0. The van der Waals surface area contributed by atoms with Crippen molar-refractivity contribution in [2.75, 3.05) is 31.2 Å². The number of morpholine rings is 1. The fourth-order valence-corrected chi connectivity index (χ4v) is 2.55. The average molecular weight is 345 g/mol. The van der Waals surface area contributed by atoms with Gasteiger partial charge in [-0.05, 0) is 32.0 Å². The van der Waals surface area contributed by atoms with Gasteiger partial charge >= 0.3 is 12.1 Å². The van der Waals surface area contributed by atoms with Crippen LogP contribution in [0.4, 0.5) is 18.9 Å². The van der Waals surface area contributed by atoms with E-state index >= 15 is 0 Å². The first-order valence-electron chi connectivity index (χ1n) is 7.43. The van der Waals surface area contributed by atoms with Gasteiger partial charge in [-0.3, -0.25) is 4.79 Å². The van der Waals surface area contributed by atoms with E-state index in [0.29, 0.717) is 12.8 Å². The molecule has 1 saturated heterocycles. The van der Waals surface area contributed by atoms with Crippen LogP contribution in [0, 0.1) is 0 Å². The lowest BCUT2D eigenvalue weighted by Gasteiger charge is -2.40. The Balaban J connectivity index is 2.33. The molecule has 0 radical (unpaired) electrons. The van der Waals surface area contributed by atoms with E-state index in [0.717, 1.165) is 12.1 Å². The highest BCUT2D eigenvalue weighted by Gasteiger charge is 2.41. The van der Waals surface area contributed by atoms with E-state index in [4.69, 9.17) is 9.47 Å². The first kappa shape index (κ1) is 18.3. The average Bonchev–Trinajstić information content (AvgIpc) is 2.54. The second-order valence-corrected chi connectivity index (χ2v) is 5.65. The SMILES string of the molecule is CCOC(=O)C1(C)CN(c2cc(C=O)cc(C(F)(F)F)c2)CCO1. The highest BCUT2D eigenvalue weighted by atomic mass is 19.4. The van der Waals surface area contributed by atoms with E-state index in [1.165, 1.54) is 13.0 Å². The summed E-state index contributed by atoms with van der Waals surface area (Å²) in [5.74, 6) is -0.572. The first-order valence-corrected chi connectivity index (χ1v) is 7.43. The van der Waals surface area contributed by atoms with E-state index in [1.807, 2.05) is 0 Å². The molecule has 0 spiro atoms. The summed E-state index contributed by atoms with van der Waals surface area (Å²) in [7, 11) is 0. The standard InChI is InChI=1S/C16H18F3NO4/c1-3-23-14(22)15(2)10-20(4-5-24-15)13-7-11(9-21)6-12(8-13)16(17,18)19/h6-9H,3-5,10H2,1-2H3. The number of esters is 1. The fourth-order valence-electron chi connectivity index (χ4n) is 2.55. The maximum absolute atomic E-state index is 13.0. The highest BCUT2D eigenvalue weighted by Crippen LogP contribution is 2.34. The van der Waals surface area contributed by atoms with Crippen LogP contribution in [0.1, 0.15) is 29.8 Å². The van der Waals surface area contributed by atoms with Crippen LogP contribution in [0.25, 0.3) is 0 Å². The molecule has 132 valence electrons. The molecule has 1 heterocycles. The van der Waals surface area contributed by atoms with Crippen LogP contribution in [-0.4, -0.2) is 44.2 Å². The monoisotopic (exact) mass is 345 g/mol. The molecule has 1 aromatic rings. The van der Waals surface area contributed by atoms with Gasteiger partial charge in [-0.25, -0.2) is 4.79 Å². The number of carbonyl (C=O) groups is 2. The van der Waals surface area contributed by atoms with Crippen LogP contribution in [0.5, 0.6) is 0 Å². The third-order valence-corrected chi connectivity index (χ3v) is 3.75. The Morgan fingerprint density at radius 2 is 2.12 bits per heavy atom. The summed E-state index contributed by atoms with van der Waals surface area (Å²) >= 11 is 0. The van der Waals surface area contributed by atoms with E-state index in [1.54, 1.807) is 11.8 Å². The zero-order valence-electron chi connectivity index (χ0n) is 13.4. The van der Waals surface area contributed by atoms with Crippen molar-refractivity contribution in [2.24, 2.45) is 0 Å². The molecule has 1 fully saturated rings. The van der Waals surface area contributed by atoms with Crippen molar-refractivity contribution in [3.8, 4) is 0 Å². The van der Waals surface area contributed by atoms with E-state index in [-0.39, 0.29) is 31.0 Å². The molecule has 8 heteroatoms. The summed E-state index contributed by atoms with van der Waals surface area (Å²) in [5.41, 5.74) is -2.05. The van der Waals surface area contributed by atoms with Gasteiger partial charge in [-0.15, -0.1) is 0 Å². The number of rotatable bonds is 4. The first-order chi connectivity index (χ1) is 11.2. The van der Waals surface area contributed by atoms with Crippen LogP contribution in [-0.2, 0) is 20.4 Å². The summed E-state index contributed by atoms with van der Waals surface area (Å²) in [4.78, 5) is 24.6. The molecule has 0 aromatic heterocycles. The molecular formula is C16H18F3NO4. The van der Waals surface area contributed by atoms with Crippen molar-refractivity contribution in [1.29, 1.82) is 0 Å². The molecule has 0 aliphatic carbocycles. The number of hydrogen-bond donors (Lipinski definition) is 0. The quantitative estimate of drug-likeness (QED) is 0.620. The van der Waals surface area contributed by atoms with Crippen molar-refractivity contribution < 1.29 is 32.2 Å². The summed E-state index contributed by atoms with van der Waals surface area (Å²) < 4.78 is 49.4. The van der Waals surface area contributed by atoms with Gasteiger partial charge in [0.05, 0.1) is 25.3 Å². The van der Waals surface area contributed by atoms with Gasteiger partial charge in [0.1, 0.15) is 6.29 Å². The van der Waals surface area contributed by atoms with Gasteiger partial charge in [0.25, 0.3) is 0 Å². The minimum atomic E-state index is -4.56. The molecule has 1 atom stereocenters. The third-order valence-electron chi connectivity index (χ3n) is 3.75. The van der Waals surface area contributed by atoms with Gasteiger partial charge < -0.3 is 14.4 Å². The fraction of sp³-hybridized carbons (Fsp3) is 0.500. The lowest BCUT2D eigenvalue weighted by atomic mass is 10.0. The number of carbonyl (C=O) groups excluding carboxylic acids is 2. The Bertz CT molecular complexity index is 632. The van der Waals surface area contributed by atoms with Gasteiger partial charge in [-0.1, -0.05) is 0 Å². The largest absolute Gasteiger partial charge is 0.464 e. The van der Waals surface area contributed by atoms with Crippen LogP contribution in [0.3, 0.4) is 0 Å². The lowest BCUT2D eigenvalue weighted by molar-refractivity contribution is -0.171. The van der Waals surface area contributed by atoms with Crippen molar-refractivity contribution in [3.05, 3.63) is 29.3 Å². The molecule has 0 bridgehead atoms. The molecule has 5 nitrogen and oxygen atoms in total. The van der Waals surface area contributed by atoms with E-state index in [9.17, 15) is 22.8 Å². The molecular weight excluding hydrogens is 327 g/mol. The number of hydrogen-bond acceptors (Lipinski definition) is 5. The molecule has 1 unspecified atom stereocenters. The number of nitrogens with zero attached hydrogens (tertiary/aromatic N) is 1. The zero-order chi connectivity index (χ0) is 18.0. The maximum atomic E-state index is 13.0. The van der Waals surface area contributed by atoms with Crippen molar-refractivity contribution in [1.82, 2.24) is 0 Å². The minimum Gasteiger partial charge on any atom is -0.464 e. The normalized spacial score (nSPS) is 21.5. The highest BCUT2D eigenvalue weighted by molar-refractivity contribution is 5.81. The Labute approximate surface area is 137 Å². The molecule has 2 rings (SSSR count). The Kier molecular flexibility index (Phi) is 5.17. The van der Waals surface area contributed by atoms with Gasteiger partial charge in [0.15, 0.2) is 5.60 Å². The maximum Gasteiger partial charge on any atom is 0.416 e. The minimum absolute atomic E-state index is 0.0332. The van der Waals surface area contributed by atoms with E-state index < -0.39 is 23.3 Å². The van der Waals surface area contributed by atoms with Gasteiger partial charge in [0.2, 0.25) is 0 Å². The molecule has 0 amide bonds. The molecule has 0 N–H and O–H groups in total. The number of alkyl halides is 3. The van der Waals surface area contributed by atoms with Crippen molar-refractivity contribution in [3.63, 3.8) is 0 Å². The zero-order valence-corrected chi connectivity index (χ0v) is 13.4. The van der Waals surface area contributed by atoms with Crippen LogP contribution in [0.15, 0.2) is 18.2 Å². The number of benzene rings is 1. The van der Waals surface area contributed by atoms with Gasteiger partial charge in [0, 0.05) is 17.8 Å². The molecule has 1 aliphatic rings. The Morgan fingerprint density at radius 3 is 2.71 bits per heavy atom. The van der Waals surface area contributed by atoms with Crippen molar-refractivity contribution in [2.45, 2.75) is 25.6 Å². The second-order valence-electron chi connectivity index (χ2n) is 5.65. The molecule has 0 saturated carbocycles. The third kappa shape index (κ3) is 3.87. The summed E-state index contributed by atoms with van der Waals surface area (Å²) in [6.45, 7) is 3.86. The molecule has 1 aromatic carbocycles. The van der Waals surface area contributed by atoms with Crippen LogP contribution >= 0.6 is 0 Å². The van der Waals surface area contributed by atoms with E-state index in [2.05, 4.69) is 0 Å². The summed E-state index contributed by atoms with van der Waals surface area (Å²) in [6, 6.07) is 3.12. The number of aldehydes is 1. The number of anilines is 1. The molecule has 24 heavy (non-hydrogen) atoms. The number of ether oxygens (including phenoxy) is 2. The van der Waals surface area contributed by atoms with Crippen LogP contribution in [0.2, 0.25) is 0 Å². The van der Waals surface area contributed by atoms with Crippen LogP contribution < -0.4 is 4.90 Å². The predicted octanol–water partition coefficient (Wildman–Crippen LogP) is 2.68. The van der Waals surface area contributed by atoms with Gasteiger partial charge in [-0.2, -0.15) is 13.2 Å². The Hall–Kier alpha value is -2.09. The smallest absolute Gasteiger partial charge is 0.416 e. The molecule has 1 aliphatic heterocycles. The topological polar surface area (TPSA) is 55.8 Å². The lowest BCUT2D eigenvalue weighted by Crippen LogP contribution is -2.55. The predicted molar refractivity (Wildman–Crippen MR) is 80.0 cm³/mol.